The second-order valence-electron chi connectivity index (χ2n) is 4.48. The molecule has 0 aromatic heterocycles. The minimum absolute atomic E-state index is 0.0966. The zero-order valence-corrected chi connectivity index (χ0v) is 11.9. The summed E-state index contributed by atoms with van der Waals surface area (Å²) in [5.74, 6) is 0.883. The van der Waals surface area contributed by atoms with Crippen molar-refractivity contribution in [2.45, 2.75) is 32.2 Å². The average molecular weight is 272 g/mol. The third kappa shape index (κ3) is 5.71. The summed E-state index contributed by atoms with van der Waals surface area (Å²) < 4.78 is 10.8. The lowest BCUT2D eigenvalue weighted by molar-refractivity contribution is 0.184. The molecule has 18 heavy (non-hydrogen) atoms. The van der Waals surface area contributed by atoms with Crippen LogP contribution in [-0.4, -0.2) is 26.4 Å². The van der Waals surface area contributed by atoms with Gasteiger partial charge in [-0.1, -0.05) is 11.6 Å². The molecule has 1 atom stereocenters. The number of hydrogen-bond donors (Lipinski definition) is 1. The molecule has 1 unspecified atom stereocenters. The molecule has 4 heteroatoms. The van der Waals surface area contributed by atoms with Crippen LogP contribution in [-0.2, 0) is 11.2 Å². The maximum atomic E-state index is 5.99. The molecule has 0 aliphatic carbocycles. The average Bonchev–Trinajstić information content (AvgIpc) is 2.30. The molecule has 0 spiro atoms. The van der Waals surface area contributed by atoms with Gasteiger partial charge in [-0.3, -0.25) is 0 Å². The fourth-order valence-electron chi connectivity index (χ4n) is 1.73. The summed E-state index contributed by atoms with van der Waals surface area (Å²) in [6.07, 6.45) is 2.76. The molecule has 0 radical (unpaired) electrons. The number of nitrogens with two attached hydrogens (primary N) is 1. The summed E-state index contributed by atoms with van der Waals surface area (Å²) in [5.41, 5.74) is 6.90. The van der Waals surface area contributed by atoms with Crippen molar-refractivity contribution in [2.24, 2.45) is 5.73 Å². The van der Waals surface area contributed by atoms with E-state index in [1.165, 1.54) is 0 Å². The lowest BCUT2D eigenvalue weighted by atomic mass is 10.1. The smallest absolute Gasteiger partial charge is 0.122 e. The first-order chi connectivity index (χ1) is 8.63. The second kappa shape index (κ2) is 8.35. The first-order valence-electron chi connectivity index (χ1n) is 6.29. The highest BCUT2D eigenvalue weighted by atomic mass is 35.5. The van der Waals surface area contributed by atoms with Gasteiger partial charge in [-0.05, 0) is 49.9 Å². The van der Waals surface area contributed by atoms with Gasteiger partial charge in [0.15, 0.2) is 0 Å². The molecule has 0 fully saturated rings. The lowest BCUT2D eigenvalue weighted by Crippen LogP contribution is -2.18. The molecule has 2 N–H and O–H groups in total. The highest BCUT2D eigenvalue weighted by Gasteiger charge is 2.07. The predicted octanol–water partition coefficient (Wildman–Crippen LogP) is 3.04. The van der Waals surface area contributed by atoms with Crippen LogP contribution in [0, 0.1) is 0 Å². The van der Waals surface area contributed by atoms with E-state index in [2.05, 4.69) is 0 Å². The molecule has 3 nitrogen and oxygen atoms in total. The molecule has 0 heterocycles. The zero-order chi connectivity index (χ0) is 13.4. The highest BCUT2D eigenvalue weighted by Crippen LogP contribution is 2.24. The Kier molecular flexibility index (Phi) is 7.09. The van der Waals surface area contributed by atoms with E-state index in [9.17, 15) is 0 Å². The summed E-state index contributed by atoms with van der Waals surface area (Å²) >= 11 is 5.99. The summed E-state index contributed by atoms with van der Waals surface area (Å²) in [6.45, 7) is 3.44. The molecule has 0 aliphatic heterocycles. The van der Waals surface area contributed by atoms with Crippen LogP contribution in [0.1, 0.15) is 25.3 Å². The zero-order valence-electron chi connectivity index (χ0n) is 11.1. The van der Waals surface area contributed by atoms with Gasteiger partial charge in [0.25, 0.3) is 0 Å². The number of methoxy groups -OCH3 is 1. The van der Waals surface area contributed by atoms with Gasteiger partial charge in [-0.25, -0.2) is 0 Å². The topological polar surface area (TPSA) is 44.5 Å². The third-order valence-corrected chi connectivity index (χ3v) is 2.80. The highest BCUT2D eigenvalue weighted by molar-refractivity contribution is 6.30. The Bertz CT molecular complexity index is 356. The van der Waals surface area contributed by atoms with Crippen LogP contribution in [0.4, 0.5) is 0 Å². The Morgan fingerprint density at radius 2 is 2.00 bits per heavy atom. The van der Waals surface area contributed by atoms with Crippen molar-refractivity contribution in [3.8, 4) is 5.75 Å². The number of hydrogen-bond acceptors (Lipinski definition) is 3. The lowest BCUT2D eigenvalue weighted by Gasteiger charge is -2.13. The van der Waals surface area contributed by atoms with Crippen molar-refractivity contribution in [3.63, 3.8) is 0 Å². The third-order valence-electron chi connectivity index (χ3n) is 2.56. The quantitative estimate of drug-likeness (QED) is 0.739. The van der Waals surface area contributed by atoms with Crippen LogP contribution >= 0.6 is 11.6 Å². The number of unbranched alkanes of at least 4 members (excludes halogenated alkanes) is 1. The second-order valence-corrected chi connectivity index (χ2v) is 4.92. The molecule has 1 aromatic rings. The van der Waals surface area contributed by atoms with Gasteiger partial charge in [-0.2, -0.15) is 0 Å². The maximum Gasteiger partial charge on any atom is 0.122 e. The Hall–Kier alpha value is -0.770. The monoisotopic (exact) mass is 271 g/mol. The van der Waals surface area contributed by atoms with Crippen LogP contribution in [0.3, 0.4) is 0 Å². The van der Waals surface area contributed by atoms with Crippen molar-refractivity contribution in [3.05, 3.63) is 28.8 Å². The van der Waals surface area contributed by atoms with Crippen LogP contribution in [0.15, 0.2) is 18.2 Å². The number of ether oxygens (including phenoxy) is 2. The summed E-state index contributed by atoms with van der Waals surface area (Å²) in [5, 5.41) is 0.720. The maximum absolute atomic E-state index is 5.99. The van der Waals surface area contributed by atoms with E-state index in [1.807, 2.05) is 25.1 Å². The number of benzene rings is 1. The molecule has 0 saturated carbocycles. The molecule has 0 aliphatic rings. The Labute approximate surface area is 114 Å². The van der Waals surface area contributed by atoms with Gasteiger partial charge in [0.2, 0.25) is 0 Å². The van der Waals surface area contributed by atoms with E-state index in [0.29, 0.717) is 6.61 Å². The molecule has 0 bridgehead atoms. The first kappa shape index (κ1) is 15.3. The van der Waals surface area contributed by atoms with Crippen molar-refractivity contribution in [1.29, 1.82) is 0 Å². The minimum Gasteiger partial charge on any atom is -0.493 e. The normalized spacial score (nSPS) is 12.4. The van der Waals surface area contributed by atoms with Crippen molar-refractivity contribution >= 4 is 11.6 Å². The SMILES string of the molecule is COCCCCOc1ccc(Cl)cc1CC(C)N. The van der Waals surface area contributed by atoms with E-state index < -0.39 is 0 Å². The van der Waals surface area contributed by atoms with E-state index in [1.54, 1.807) is 7.11 Å². The predicted molar refractivity (Wildman–Crippen MR) is 75.4 cm³/mol. The number of rotatable bonds is 8. The molecule has 1 rings (SSSR count). The van der Waals surface area contributed by atoms with E-state index >= 15 is 0 Å². The Morgan fingerprint density at radius 3 is 2.67 bits per heavy atom. The first-order valence-corrected chi connectivity index (χ1v) is 6.67. The van der Waals surface area contributed by atoms with Crippen molar-refractivity contribution in [2.75, 3.05) is 20.3 Å². The molecule has 1 aromatic carbocycles. The van der Waals surface area contributed by atoms with Gasteiger partial charge < -0.3 is 15.2 Å². The Morgan fingerprint density at radius 1 is 1.28 bits per heavy atom. The Balaban J connectivity index is 2.52. The van der Waals surface area contributed by atoms with Crippen LogP contribution < -0.4 is 10.5 Å². The fraction of sp³-hybridized carbons (Fsp3) is 0.571. The van der Waals surface area contributed by atoms with Gasteiger partial charge >= 0.3 is 0 Å². The van der Waals surface area contributed by atoms with Gasteiger partial charge in [-0.15, -0.1) is 0 Å². The molecule has 102 valence electrons. The molecular formula is C14H22ClNO2. The summed E-state index contributed by atoms with van der Waals surface area (Å²) in [4.78, 5) is 0. The van der Waals surface area contributed by atoms with E-state index in [0.717, 1.165) is 42.2 Å². The molecular weight excluding hydrogens is 250 g/mol. The van der Waals surface area contributed by atoms with Crippen molar-refractivity contribution in [1.82, 2.24) is 0 Å². The van der Waals surface area contributed by atoms with Gasteiger partial charge in [0.1, 0.15) is 5.75 Å². The van der Waals surface area contributed by atoms with Gasteiger partial charge in [0.05, 0.1) is 6.61 Å². The van der Waals surface area contributed by atoms with Crippen molar-refractivity contribution < 1.29 is 9.47 Å². The summed E-state index contributed by atoms with van der Waals surface area (Å²) in [7, 11) is 1.71. The molecule has 0 saturated heterocycles. The molecule has 0 amide bonds. The van der Waals surface area contributed by atoms with Crippen LogP contribution in [0.2, 0.25) is 5.02 Å². The minimum atomic E-state index is 0.0966. The largest absolute Gasteiger partial charge is 0.493 e. The van der Waals surface area contributed by atoms with E-state index in [4.69, 9.17) is 26.8 Å². The fourth-order valence-corrected chi connectivity index (χ4v) is 1.92. The standard InChI is InChI=1S/C14H22ClNO2/c1-11(16)9-12-10-13(15)5-6-14(12)18-8-4-3-7-17-2/h5-6,10-11H,3-4,7-9,16H2,1-2H3. The van der Waals surface area contributed by atoms with Crippen LogP contribution in [0.25, 0.3) is 0 Å². The van der Waals surface area contributed by atoms with E-state index in [-0.39, 0.29) is 6.04 Å². The number of halogens is 1. The van der Waals surface area contributed by atoms with Crippen LogP contribution in [0.5, 0.6) is 5.75 Å². The summed E-state index contributed by atoms with van der Waals surface area (Å²) in [6, 6.07) is 5.78. The van der Waals surface area contributed by atoms with Gasteiger partial charge in [0, 0.05) is 24.8 Å².